The van der Waals surface area contributed by atoms with Crippen LogP contribution in [0.25, 0.3) is 0 Å². The van der Waals surface area contributed by atoms with Gasteiger partial charge in [-0.2, -0.15) is 0 Å². The molecule has 2 rings (SSSR count). The standard InChI is InChI=1S/C17H34N2/c1-14(2)11-16-12-18-8-5-17(16)6-9-19(10-7-17)13-15(3)4/h14-16,18H,5-13H2,1-4H3. The van der Waals surface area contributed by atoms with Gasteiger partial charge in [-0.3, -0.25) is 0 Å². The zero-order valence-electron chi connectivity index (χ0n) is 13.5. The number of likely N-dealkylation sites (tertiary alicyclic amines) is 1. The summed E-state index contributed by atoms with van der Waals surface area (Å²) in [5.41, 5.74) is 0.670. The van der Waals surface area contributed by atoms with Gasteiger partial charge in [0.1, 0.15) is 0 Å². The van der Waals surface area contributed by atoms with Crippen molar-refractivity contribution in [1.29, 1.82) is 0 Å². The number of rotatable bonds is 4. The van der Waals surface area contributed by atoms with Crippen molar-refractivity contribution in [3.63, 3.8) is 0 Å². The van der Waals surface area contributed by atoms with Crippen LogP contribution in [-0.4, -0.2) is 37.6 Å². The zero-order chi connectivity index (χ0) is 13.9. The van der Waals surface area contributed by atoms with Crippen LogP contribution in [0, 0.1) is 23.2 Å². The average molecular weight is 266 g/mol. The summed E-state index contributed by atoms with van der Waals surface area (Å²) in [6.07, 6.45) is 5.72. The first-order valence-electron chi connectivity index (χ1n) is 8.45. The highest BCUT2D eigenvalue weighted by Gasteiger charge is 2.42. The molecule has 1 spiro atoms. The van der Waals surface area contributed by atoms with E-state index in [1.807, 2.05) is 0 Å². The lowest BCUT2D eigenvalue weighted by Crippen LogP contribution is -2.51. The van der Waals surface area contributed by atoms with Gasteiger partial charge in [0.2, 0.25) is 0 Å². The molecule has 1 N–H and O–H groups in total. The third kappa shape index (κ3) is 3.95. The second-order valence-electron chi connectivity index (χ2n) is 7.84. The van der Waals surface area contributed by atoms with Crippen LogP contribution in [0.1, 0.15) is 53.4 Å². The number of nitrogens with one attached hydrogen (secondary N) is 1. The van der Waals surface area contributed by atoms with Crippen molar-refractivity contribution in [2.45, 2.75) is 53.4 Å². The Balaban J connectivity index is 1.94. The average Bonchev–Trinajstić information content (AvgIpc) is 2.34. The molecule has 112 valence electrons. The van der Waals surface area contributed by atoms with Gasteiger partial charge in [0.15, 0.2) is 0 Å². The van der Waals surface area contributed by atoms with Crippen molar-refractivity contribution >= 4 is 0 Å². The minimum Gasteiger partial charge on any atom is -0.316 e. The summed E-state index contributed by atoms with van der Waals surface area (Å²) in [4.78, 5) is 2.70. The summed E-state index contributed by atoms with van der Waals surface area (Å²) >= 11 is 0. The molecule has 2 nitrogen and oxygen atoms in total. The molecule has 19 heavy (non-hydrogen) atoms. The molecule has 1 atom stereocenters. The van der Waals surface area contributed by atoms with Crippen molar-refractivity contribution in [3.8, 4) is 0 Å². The fourth-order valence-electron chi connectivity index (χ4n) is 4.29. The molecule has 1 unspecified atom stereocenters. The summed E-state index contributed by atoms with van der Waals surface area (Å²) in [5.74, 6) is 2.58. The summed E-state index contributed by atoms with van der Waals surface area (Å²) < 4.78 is 0. The van der Waals surface area contributed by atoms with Gasteiger partial charge in [-0.15, -0.1) is 0 Å². The Labute approximate surface area is 120 Å². The third-order valence-electron chi connectivity index (χ3n) is 5.29. The summed E-state index contributed by atoms with van der Waals surface area (Å²) in [6, 6.07) is 0. The predicted octanol–water partition coefficient (Wildman–Crippen LogP) is 3.38. The number of piperidine rings is 2. The number of hydrogen-bond donors (Lipinski definition) is 1. The van der Waals surface area contributed by atoms with E-state index in [0.29, 0.717) is 5.41 Å². The highest BCUT2D eigenvalue weighted by molar-refractivity contribution is 4.95. The SMILES string of the molecule is CC(C)CC1CNCCC12CCN(CC(C)C)CC2. The molecule has 2 fully saturated rings. The van der Waals surface area contributed by atoms with Crippen molar-refractivity contribution in [3.05, 3.63) is 0 Å². The Hall–Kier alpha value is -0.0800. The lowest BCUT2D eigenvalue weighted by Gasteiger charge is -2.50. The molecule has 2 aliphatic heterocycles. The maximum absolute atomic E-state index is 3.64. The Kier molecular flexibility index (Phi) is 5.30. The predicted molar refractivity (Wildman–Crippen MR) is 83.4 cm³/mol. The van der Waals surface area contributed by atoms with Gasteiger partial charge in [0.25, 0.3) is 0 Å². The Morgan fingerprint density at radius 1 is 1.05 bits per heavy atom. The van der Waals surface area contributed by atoms with E-state index in [9.17, 15) is 0 Å². The Morgan fingerprint density at radius 3 is 2.32 bits per heavy atom. The Morgan fingerprint density at radius 2 is 1.74 bits per heavy atom. The molecular weight excluding hydrogens is 232 g/mol. The van der Waals surface area contributed by atoms with Gasteiger partial charge >= 0.3 is 0 Å². The highest BCUT2D eigenvalue weighted by Crippen LogP contribution is 2.45. The van der Waals surface area contributed by atoms with Crippen LogP contribution in [0.15, 0.2) is 0 Å². The van der Waals surface area contributed by atoms with E-state index in [0.717, 1.165) is 17.8 Å². The van der Waals surface area contributed by atoms with E-state index in [2.05, 4.69) is 37.9 Å². The van der Waals surface area contributed by atoms with Gasteiger partial charge < -0.3 is 10.2 Å². The van der Waals surface area contributed by atoms with Crippen molar-refractivity contribution < 1.29 is 0 Å². The first-order valence-corrected chi connectivity index (χ1v) is 8.45. The first-order chi connectivity index (χ1) is 9.02. The summed E-state index contributed by atoms with van der Waals surface area (Å²) in [7, 11) is 0. The van der Waals surface area contributed by atoms with E-state index in [-0.39, 0.29) is 0 Å². The van der Waals surface area contributed by atoms with E-state index in [1.165, 1.54) is 58.4 Å². The van der Waals surface area contributed by atoms with Crippen LogP contribution in [0.3, 0.4) is 0 Å². The topological polar surface area (TPSA) is 15.3 Å². The normalized spacial score (nSPS) is 28.4. The van der Waals surface area contributed by atoms with Crippen LogP contribution in [-0.2, 0) is 0 Å². The maximum atomic E-state index is 3.64. The van der Waals surface area contributed by atoms with Gasteiger partial charge in [-0.1, -0.05) is 27.7 Å². The molecule has 2 saturated heterocycles. The zero-order valence-corrected chi connectivity index (χ0v) is 13.5. The summed E-state index contributed by atoms with van der Waals surface area (Å²) in [6.45, 7) is 15.9. The molecule has 0 amide bonds. The van der Waals surface area contributed by atoms with E-state index >= 15 is 0 Å². The number of nitrogens with zero attached hydrogens (tertiary/aromatic N) is 1. The van der Waals surface area contributed by atoms with Crippen molar-refractivity contribution in [1.82, 2.24) is 10.2 Å². The van der Waals surface area contributed by atoms with E-state index in [4.69, 9.17) is 0 Å². The molecule has 2 aliphatic rings. The molecule has 0 aromatic carbocycles. The van der Waals surface area contributed by atoms with Crippen molar-refractivity contribution in [2.75, 3.05) is 32.7 Å². The molecule has 2 heterocycles. The quantitative estimate of drug-likeness (QED) is 0.839. The largest absolute Gasteiger partial charge is 0.316 e. The van der Waals surface area contributed by atoms with Gasteiger partial charge in [-0.25, -0.2) is 0 Å². The molecule has 0 aliphatic carbocycles. The molecule has 0 radical (unpaired) electrons. The van der Waals surface area contributed by atoms with Crippen LogP contribution in [0.4, 0.5) is 0 Å². The highest BCUT2D eigenvalue weighted by atomic mass is 15.1. The molecule has 0 aromatic heterocycles. The van der Waals surface area contributed by atoms with Crippen LogP contribution in [0.2, 0.25) is 0 Å². The second kappa shape index (κ2) is 6.58. The van der Waals surface area contributed by atoms with Gasteiger partial charge in [-0.05, 0) is 75.0 Å². The molecular formula is C17H34N2. The van der Waals surface area contributed by atoms with Gasteiger partial charge in [0.05, 0.1) is 0 Å². The minimum atomic E-state index is 0.670. The monoisotopic (exact) mass is 266 g/mol. The lowest BCUT2D eigenvalue weighted by molar-refractivity contribution is 0.0101. The molecule has 0 bridgehead atoms. The number of hydrogen-bond acceptors (Lipinski definition) is 2. The molecule has 2 heteroatoms. The second-order valence-corrected chi connectivity index (χ2v) is 7.84. The lowest BCUT2D eigenvalue weighted by atomic mass is 9.63. The molecule has 0 saturated carbocycles. The van der Waals surface area contributed by atoms with Crippen LogP contribution >= 0.6 is 0 Å². The first kappa shape index (κ1) is 15.3. The van der Waals surface area contributed by atoms with E-state index in [1.54, 1.807) is 0 Å². The maximum Gasteiger partial charge on any atom is 0.000439 e. The fraction of sp³-hybridized carbons (Fsp3) is 1.00. The van der Waals surface area contributed by atoms with Crippen LogP contribution in [0.5, 0.6) is 0 Å². The van der Waals surface area contributed by atoms with Gasteiger partial charge in [0, 0.05) is 6.54 Å². The van der Waals surface area contributed by atoms with E-state index < -0.39 is 0 Å². The smallest absolute Gasteiger partial charge is 0.000439 e. The molecule has 0 aromatic rings. The van der Waals surface area contributed by atoms with Crippen molar-refractivity contribution in [2.24, 2.45) is 23.2 Å². The van der Waals surface area contributed by atoms with Crippen LogP contribution < -0.4 is 5.32 Å². The fourth-order valence-corrected chi connectivity index (χ4v) is 4.29. The summed E-state index contributed by atoms with van der Waals surface area (Å²) in [5, 5.41) is 3.64. The third-order valence-corrected chi connectivity index (χ3v) is 5.29. The minimum absolute atomic E-state index is 0.670. The Bertz CT molecular complexity index is 264.